The largest absolute Gasteiger partial charge is 0.496 e. The van der Waals surface area contributed by atoms with E-state index in [0.29, 0.717) is 5.75 Å². The van der Waals surface area contributed by atoms with Crippen molar-refractivity contribution in [3.05, 3.63) is 64.2 Å². The topological polar surface area (TPSA) is 119 Å². The standard InChI is InChI=1S/C20H25N3O6S/c1-5-18(20(24)21-14(2)17-11-6-7-12-19(17)29-3)22(30(4,27)28)15-9-8-10-16(13-15)23(25)26/h6-14,18H,5H2,1-4H3,(H,21,24)/t14-,18+/m1/s1. The van der Waals surface area contributed by atoms with Crippen LogP contribution in [-0.2, 0) is 14.8 Å². The lowest BCUT2D eigenvalue weighted by Gasteiger charge is -2.31. The molecule has 2 atom stereocenters. The van der Waals surface area contributed by atoms with Gasteiger partial charge in [-0.15, -0.1) is 0 Å². The molecule has 0 radical (unpaired) electrons. The molecule has 0 saturated carbocycles. The highest BCUT2D eigenvalue weighted by atomic mass is 32.2. The normalized spacial score (nSPS) is 13.2. The van der Waals surface area contributed by atoms with Crippen molar-refractivity contribution in [1.82, 2.24) is 5.32 Å². The Bertz CT molecular complexity index is 1020. The lowest BCUT2D eigenvalue weighted by molar-refractivity contribution is -0.384. The van der Waals surface area contributed by atoms with Crippen LogP contribution >= 0.6 is 0 Å². The van der Waals surface area contributed by atoms with E-state index in [0.717, 1.165) is 22.2 Å². The Morgan fingerprint density at radius 2 is 1.90 bits per heavy atom. The summed E-state index contributed by atoms with van der Waals surface area (Å²) in [5, 5.41) is 13.9. The molecule has 0 unspecified atom stereocenters. The number of nitrogens with zero attached hydrogens (tertiary/aromatic N) is 2. The van der Waals surface area contributed by atoms with E-state index in [9.17, 15) is 23.3 Å². The summed E-state index contributed by atoms with van der Waals surface area (Å²) in [6.07, 6.45) is 1.13. The number of nitrogens with one attached hydrogen (secondary N) is 1. The predicted molar refractivity (Wildman–Crippen MR) is 114 cm³/mol. The molecule has 10 heteroatoms. The van der Waals surface area contributed by atoms with E-state index >= 15 is 0 Å². The number of nitro groups is 1. The fraction of sp³-hybridized carbons (Fsp3) is 0.350. The SMILES string of the molecule is CC[C@@H](C(=O)N[C@H](C)c1ccccc1OC)N(c1cccc([N+](=O)[O-])c1)S(C)(=O)=O. The molecule has 0 aliphatic carbocycles. The summed E-state index contributed by atoms with van der Waals surface area (Å²) in [5.41, 5.74) is 0.530. The van der Waals surface area contributed by atoms with Crippen LogP contribution in [0.1, 0.15) is 31.9 Å². The second-order valence-corrected chi connectivity index (χ2v) is 8.59. The molecule has 0 saturated heterocycles. The maximum absolute atomic E-state index is 13.0. The molecule has 0 aliphatic heterocycles. The van der Waals surface area contributed by atoms with Gasteiger partial charge in [0, 0.05) is 17.7 Å². The van der Waals surface area contributed by atoms with Gasteiger partial charge in [0.15, 0.2) is 0 Å². The van der Waals surface area contributed by atoms with Gasteiger partial charge in [-0.25, -0.2) is 8.42 Å². The van der Waals surface area contributed by atoms with Crippen LogP contribution in [0, 0.1) is 10.1 Å². The fourth-order valence-corrected chi connectivity index (χ4v) is 4.42. The Balaban J connectivity index is 2.39. The van der Waals surface area contributed by atoms with E-state index in [-0.39, 0.29) is 17.8 Å². The lowest BCUT2D eigenvalue weighted by atomic mass is 10.1. The summed E-state index contributed by atoms with van der Waals surface area (Å²) in [5.74, 6) is 0.0739. The number of carbonyl (C=O) groups excluding carboxylic acids is 1. The Morgan fingerprint density at radius 3 is 2.47 bits per heavy atom. The van der Waals surface area contributed by atoms with Gasteiger partial charge in [0.05, 0.1) is 30.0 Å². The molecule has 2 rings (SSSR count). The zero-order chi connectivity index (χ0) is 22.5. The lowest BCUT2D eigenvalue weighted by Crippen LogP contribution is -2.49. The number of benzene rings is 2. The molecule has 30 heavy (non-hydrogen) atoms. The van der Waals surface area contributed by atoms with Crippen LogP contribution in [0.25, 0.3) is 0 Å². The van der Waals surface area contributed by atoms with E-state index in [1.165, 1.54) is 25.3 Å². The zero-order valence-corrected chi connectivity index (χ0v) is 18.0. The number of carbonyl (C=O) groups is 1. The monoisotopic (exact) mass is 435 g/mol. The average Bonchev–Trinajstić information content (AvgIpc) is 2.70. The number of sulfonamides is 1. The van der Waals surface area contributed by atoms with E-state index < -0.39 is 32.9 Å². The van der Waals surface area contributed by atoms with Crippen LogP contribution in [-0.4, -0.2) is 38.7 Å². The maximum Gasteiger partial charge on any atom is 0.271 e. The van der Waals surface area contributed by atoms with Crippen molar-refractivity contribution >= 4 is 27.3 Å². The second kappa shape index (κ2) is 9.57. The van der Waals surface area contributed by atoms with E-state index in [1.54, 1.807) is 32.0 Å². The number of methoxy groups -OCH3 is 1. The molecule has 0 fully saturated rings. The molecule has 9 nitrogen and oxygen atoms in total. The van der Waals surface area contributed by atoms with Gasteiger partial charge in [-0.3, -0.25) is 19.2 Å². The van der Waals surface area contributed by atoms with Crippen LogP contribution < -0.4 is 14.4 Å². The number of non-ortho nitro benzene ring substituents is 1. The van der Waals surface area contributed by atoms with Crippen LogP contribution in [0.5, 0.6) is 5.75 Å². The maximum atomic E-state index is 13.0. The van der Waals surface area contributed by atoms with Crippen molar-refractivity contribution in [3.8, 4) is 5.75 Å². The molecule has 0 aliphatic rings. The van der Waals surface area contributed by atoms with Crippen LogP contribution in [0.3, 0.4) is 0 Å². The van der Waals surface area contributed by atoms with Gasteiger partial charge in [0.25, 0.3) is 5.69 Å². The third-order valence-corrected chi connectivity index (χ3v) is 5.77. The van der Waals surface area contributed by atoms with E-state index in [4.69, 9.17) is 4.74 Å². The third kappa shape index (κ3) is 5.26. The molecular formula is C20H25N3O6S. The van der Waals surface area contributed by atoms with Gasteiger partial charge < -0.3 is 10.1 Å². The van der Waals surface area contributed by atoms with Crippen LogP contribution in [0.4, 0.5) is 11.4 Å². The molecule has 162 valence electrons. The molecule has 2 aromatic rings. The number of anilines is 1. The van der Waals surface area contributed by atoms with E-state index in [1.807, 2.05) is 6.07 Å². The first kappa shape index (κ1) is 23.1. The number of nitro benzene ring substituents is 1. The zero-order valence-electron chi connectivity index (χ0n) is 17.2. The number of hydrogen-bond acceptors (Lipinski definition) is 6. The minimum absolute atomic E-state index is 0.0543. The number of amides is 1. The summed E-state index contributed by atoms with van der Waals surface area (Å²) in [6.45, 7) is 3.44. The summed E-state index contributed by atoms with van der Waals surface area (Å²) in [6, 6.07) is 10.9. The highest BCUT2D eigenvalue weighted by molar-refractivity contribution is 7.92. The van der Waals surface area contributed by atoms with E-state index in [2.05, 4.69) is 5.32 Å². The summed E-state index contributed by atoms with van der Waals surface area (Å²) in [7, 11) is -2.38. The van der Waals surface area contributed by atoms with Gasteiger partial charge >= 0.3 is 0 Å². The van der Waals surface area contributed by atoms with Gasteiger partial charge in [-0.2, -0.15) is 0 Å². The Morgan fingerprint density at radius 1 is 1.23 bits per heavy atom. The summed E-state index contributed by atoms with van der Waals surface area (Å²) in [4.78, 5) is 23.5. The van der Waals surface area contributed by atoms with Crippen molar-refractivity contribution in [3.63, 3.8) is 0 Å². The second-order valence-electron chi connectivity index (χ2n) is 6.73. The third-order valence-electron chi connectivity index (χ3n) is 4.59. The van der Waals surface area contributed by atoms with Crippen molar-refractivity contribution in [1.29, 1.82) is 0 Å². The quantitative estimate of drug-likeness (QED) is 0.478. The van der Waals surface area contributed by atoms with Gasteiger partial charge in [-0.05, 0) is 25.5 Å². The number of para-hydroxylation sites is 1. The van der Waals surface area contributed by atoms with Gasteiger partial charge in [0.1, 0.15) is 11.8 Å². The molecule has 0 aromatic heterocycles. The highest BCUT2D eigenvalue weighted by Crippen LogP contribution is 2.28. The smallest absolute Gasteiger partial charge is 0.271 e. The minimum Gasteiger partial charge on any atom is -0.496 e. The predicted octanol–water partition coefficient (Wildman–Crippen LogP) is 3.03. The molecular weight excluding hydrogens is 410 g/mol. The van der Waals surface area contributed by atoms with Crippen molar-refractivity contribution in [2.75, 3.05) is 17.7 Å². The van der Waals surface area contributed by atoms with Crippen molar-refractivity contribution in [2.45, 2.75) is 32.4 Å². The summed E-state index contributed by atoms with van der Waals surface area (Å²) < 4.78 is 31.3. The van der Waals surface area contributed by atoms with Gasteiger partial charge in [-0.1, -0.05) is 31.2 Å². The van der Waals surface area contributed by atoms with Crippen molar-refractivity contribution < 1.29 is 22.9 Å². The number of ether oxygens (including phenoxy) is 1. The Kier molecular flexibility index (Phi) is 7.38. The fourth-order valence-electron chi connectivity index (χ4n) is 3.22. The number of hydrogen-bond donors (Lipinski definition) is 1. The highest BCUT2D eigenvalue weighted by Gasteiger charge is 2.33. The van der Waals surface area contributed by atoms with Crippen LogP contribution in [0.2, 0.25) is 0 Å². The molecule has 1 amide bonds. The molecule has 0 heterocycles. The van der Waals surface area contributed by atoms with Gasteiger partial charge in [0.2, 0.25) is 15.9 Å². The minimum atomic E-state index is -3.90. The Labute approximate surface area is 175 Å². The first-order valence-electron chi connectivity index (χ1n) is 9.27. The van der Waals surface area contributed by atoms with Crippen molar-refractivity contribution in [2.24, 2.45) is 0 Å². The number of rotatable bonds is 9. The molecule has 0 bridgehead atoms. The first-order chi connectivity index (χ1) is 14.1. The molecule has 2 aromatic carbocycles. The average molecular weight is 436 g/mol. The summed E-state index contributed by atoms with van der Waals surface area (Å²) >= 11 is 0. The van der Waals surface area contributed by atoms with Crippen LogP contribution in [0.15, 0.2) is 48.5 Å². The Hall–Kier alpha value is -3.14. The molecule has 0 spiro atoms. The first-order valence-corrected chi connectivity index (χ1v) is 11.1. The molecule has 1 N–H and O–H groups in total.